The number of aryl methyl sites for hydroxylation is 1. The molecule has 178 valence electrons. The maximum Gasteiger partial charge on any atom is 0.250 e. The number of nitrogens with one attached hydrogen (secondary N) is 2. The third-order valence-corrected chi connectivity index (χ3v) is 6.95. The number of halogens is 1. The average molecular weight is 530 g/mol. The van der Waals surface area contributed by atoms with E-state index in [2.05, 4.69) is 22.8 Å². The number of carbonyl (C=O) groups excluding carboxylic acids is 1. The van der Waals surface area contributed by atoms with Crippen LogP contribution in [0.4, 0.5) is 5.69 Å². The van der Waals surface area contributed by atoms with E-state index in [9.17, 15) is 4.79 Å². The molecule has 0 atom stereocenters. The van der Waals surface area contributed by atoms with Crippen LogP contribution in [0.1, 0.15) is 11.3 Å². The van der Waals surface area contributed by atoms with Crippen LogP contribution < -0.4 is 10.6 Å². The molecule has 3 aromatic carbocycles. The molecule has 8 heteroatoms. The van der Waals surface area contributed by atoms with E-state index in [0.29, 0.717) is 16.5 Å². The molecule has 0 aliphatic rings. The third-order valence-electron chi connectivity index (χ3n) is 5.41. The number of amides is 1. The van der Waals surface area contributed by atoms with E-state index in [4.69, 9.17) is 33.2 Å². The van der Waals surface area contributed by atoms with Crippen LogP contribution in [-0.4, -0.2) is 16.0 Å². The molecule has 36 heavy (non-hydrogen) atoms. The Hall–Kier alpha value is -3.78. The van der Waals surface area contributed by atoms with Crippen molar-refractivity contribution in [1.29, 1.82) is 0 Å². The van der Waals surface area contributed by atoms with E-state index < -0.39 is 0 Å². The fraction of sp³-hybridized carbons (Fsp3) is 0.0357. The van der Waals surface area contributed by atoms with Crippen molar-refractivity contribution in [2.24, 2.45) is 0 Å². The molecule has 0 aliphatic carbocycles. The first-order chi connectivity index (χ1) is 17.4. The summed E-state index contributed by atoms with van der Waals surface area (Å²) in [6.07, 6.45) is 2.97. The molecule has 0 aliphatic heterocycles. The lowest BCUT2D eigenvalue weighted by Gasteiger charge is -2.11. The standard InChI is InChI=1S/C28H20ClN3O2S2/c1-17-16-19(27-30-23-4-2-3-5-25(23)36-27)8-13-22(17)31-28(35)32-26(33)15-12-21-11-14-24(34-21)18-6-9-20(29)10-7-18/h2-16H,1H3,(H2,31,32,33,35). The first kappa shape index (κ1) is 23.9. The number of benzene rings is 3. The topological polar surface area (TPSA) is 67.2 Å². The van der Waals surface area contributed by atoms with Crippen LogP contribution >= 0.6 is 35.2 Å². The molecule has 5 aromatic rings. The molecule has 2 N–H and O–H groups in total. The first-order valence-electron chi connectivity index (χ1n) is 11.1. The SMILES string of the molecule is Cc1cc(-c2nc3ccccc3s2)ccc1NC(=S)NC(=O)C=Cc1ccc(-c2ccc(Cl)cc2)o1. The molecule has 0 unspecified atom stereocenters. The van der Waals surface area contributed by atoms with Crippen molar-refractivity contribution in [3.8, 4) is 21.9 Å². The molecule has 5 rings (SSSR count). The molecule has 0 saturated heterocycles. The number of fused-ring (bicyclic) bond motifs is 1. The Kier molecular flexibility index (Phi) is 6.95. The molecule has 0 radical (unpaired) electrons. The van der Waals surface area contributed by atoms with Crippen LogP contribution in [-0.2, 0) is 4.79 Å². The maximum atomic E-state index is 12.4. The number of hydrogen-bond donors (Lipinski definition) is 2. The van der Waals surface area contributed by atoms with Crippen molar-refractivity contribution in [3.05, 3.63) is 101 Å². The fourth-order valence-corrected chi connectivity index (χ4v) is 4.91. The van der Waals surface area contributed by atoms with Gasteiger partial charge in [-0.05, 0) is 97.5 Å². The smallest absolute Gasteiger partial charge is 0.250 e. The summed E-state index contributed by atoms with van der Waals surface area (Å²) >= 11 is 12.9. The summed E-state index contributed by atoms with van der Waals surface area (Å²) in [5, 5.41) is 7.58. The van der Waals surface area contributed by atoms with Gasteiger partial charge in [-0.15, -0.1) is 11.3 Å². The number of thiocarbonyl (C=S) groups is 1. The highest BCUT2D eigenvalue weighted by Crippen LogP contribution is 2.32. The number of thiazole rings is 1. The van der Waals surface area contributed by atoms with Gasteiger partial charge in [0.15, 0.2) is 5.11 Å². The van der Waals surface area contributed by atoms with Gasteiger partial charge < -0.3 is 9.73 Å². The summed E-state index contributed by atoms with van der Waals surface area (Å²) in [5.74, 6) is 0.879. The number of aromatic nitrogens is 1. The average Bonchev–Trinajstić information content (AvgIpc) is 3.52. The van der Waals surface area contributed by atoms with Crippen LogP contribution in [0.25, 0.3) is 38.2 Å². The Morgan fingerprint density at radius 2 is 1.81 bits per heavy atom. The third kappa shape index (κ3) is 5.54. The second kappa shape index (κ2) is 10.5. The van der Waals surface area contributed by atoms with Crippen LogP contribution in [0.15, 0.2) is 89.4 Å². The maximum absolute atomic E-state index is 12.4. The summed E-state index contributed by atoms with van der Waals surface area (Å²) < 4.78 is 6.93. The molecule has 2 heterocycles. The van der Waals surface area contributed by atoms with Gasteiger partial charge in [0.2, 0.25) is 5.91 Å². The minimum absolute atomic E-state index is 0.210. The molecule has 2 aromatic heterocycles. The molecule has 0 saturated carbocycles. The van der Waals surface area contributed by atoms with Crippen molar-refractivity contribution in [2.45, 2.75) is 6.92 Å². The van der Waals surface area contributed by atoms with Gasteiger partial charge in [0.05, 0.1) is 10.2 Å². The van der Waals surface area contributed by atoms with E-state index in [0.717, 1.165) is 37.6 Å². The van der Waals surface area contributed by atoms with Gasteiger partial charge in [-0.3, -0.25) is 10.1 Å². The normalized spacial score (nSPS) is 11.2. The molecule has 0 fully saturated rings. The van der Waals surface area contributed by atoms with Crippen molar-refractivity contribution < 1.29 is 9.21 Å². The second-order valence-corrected chi connectivity index (χ2v) is 9.88. The van der Waals surface area contributed by atoms with E-state index in [1.54, 1.807) is 35.6 Å². The minimum Gasteiger partial charge on any atom is -0.457 e. The number of rotatable bonds is 5. The summed E-state index contributed by atoms with van der Waals surface area (Å²) in [6, 6.07) is 25.0. The fourth-order valence-electron chi connectivity index (χ4n) is 3.61. The van der Waals surface area contributed by atoms with Crippen LogP contribution in [0.3, 0.4) is 0 Å². The molecular weight excluding hydrogens is 510 g/mol. The Bertz CT molecular complexity index is 1570. The van der Waals surface area contributed by atoms with Gasteiger partial charge >= 0.3 is 0 Å². The predicted octanol–water partition coefficient (Wildman–Crippen LogP) is 7.71. The number of nitrogens with zero attached hydrogens (tertiary/aromatic N) is 1. The van der Waals surface area contributed by atoms with E-state index in [-0.39, 0.29) is 11.0 Å². The van der Waals surface area contributed by atoms with Gasteiger partial charge in [0.1, 0.15) is 16.5 Å². The van der Waals surface area contributed by atoms with Gasteiger partial charge in [0, 0.05) is 27.9 Å². The van der Waals surface area contributed by atoms with Crippen LogP contribution in [0.2, 0.25) is 5.02 Å². The highest BCUT2D eigenvalue weighted by Gasteiger charge is 2.10. The summed E-state index contributed by atoms with van der Waals surface area (Å²) in [7, 11) is 0. The van der Waals surface area contributed by atoms with Gasteiger partial charge in [0.25, 0.3) is 0 Å². The van der Waals surface area contributed by atoms with Crippen molar-refractivity contribution in [1.82, 2.24) is 10.3 Å². The minimum atomic E-state index is -0.360. The Morgan fingerprint density at radius 1 is 1.03 bits per heavy atom. The molecule has 1 amide bonds. The van der Waals surface area contributed by atoms with Crippen molar-refractivity contribution >= 4 is 68.2 Å². The number of furan rings is 1. The molecule has 0 bridgehead atoms. The lowest BCUT2D eigenvalue weighted by atomic mass is 10.1. The number of anilines is 1. The molecule has 5 nitrogen and oxygen atoms in total. The van der Waals surface area contributed by atoms with Gasteiger partial charge in [-0.25, -0.2) is 4.98 Å². The monoisotopic (exact) mass is 529 g/mol. The summed E-state index contributed by atoms with van der Waals surface area (Å²) in [4.78, 5) is 17.1. The van der Waals surface area contributed by atoms with E-state index in [1.807, 2.05) is 55.5 Å². The summed E-state index contributed by atoms with van der Waals surface area (Å²) in [6.45, 7) is 1.98. The second-order valence-electron chi connectivity index (χ2n) is 8.00. The van der Waals surface area contributed by atoms with Crippen LogP contribution in [0.5, 0.6) is 0 Å². The zero-order chi connectivity index (χ0) is 25.1. The van der Waals surface area contributed by atoms with Crippen molar-refractivity contribution in [3.63, 3.8) is 0 Å². The van der Waals surface area contributed by atoms with E-state index in [1.165, 1.54) is 6.08 Å². The molecule has 0 spiro atoms. The van der Waals surface area contributed by atoms with E-state index >= 15 is 0 Å². The predicted molar refractivity (Wildman–Crippen MR) is 152 cm³/mol. The largest absolute Gasteiger partial charge is 0.457 e. The zero-order valence-electron chi connectivity index (χ0n) is 19.1. The number of carbonyl (C=O) groups is 1. The number of hydrogen-bond acceptors (Lipinski definition) is 5. The van der Waals surface area contributed by atoms with Gasteiger partial charge in [-0.1, -0.05) is 23.7 Å². The van der Waals surface area contributed by atoms with Gasteiger partial charge in [-0.2, -0.15) is 0 Å². The quantitative estimate of drug-likeness (QED) is 0.180. The Morgan fingerprint density at radius 3 is 2.58 bits per heavy atom. The highest BCUT2D eigenvalue weighted by molar-refractivity contribution is 7.80. The van der Waals surface area contributed by atoms with Crippen LogP contribution in [0, 0.1) is 6.92 Å². The highest BCUT2D eigenvalue weighted by atomic mass is 35.5. The Balaban J connectivity index is 1.19. The lowest BCUT2D eigenvalue weighted by Crippen LogP contribution is -2.33. The lowest BCUT2D eigenvalue weighted by molar-refractivity contribution is -0.115. The number of para-hydroxylation sites is 1. The zero-order valence-corrected chi connectivity index (χ0v) is 21.5. The Labute approximate surface area is 222 Å². The molecular formula is C28H20ClN3O2S2. The summed E-state index contributed by atoms with van der Waals surface area (Å²) in [5.41, 5.74) is 4.73. The first-order valence-corrected chi connectivity index (χ1v) is 12.7. The van der Waals surface area contributed by atoms with Crippen molar-refractivity contribution in [2.75, 3.05) is 5.32 Å².